The van der Waals surface area contributed by atoms with Crippen LogP contribution in [0.15, 0.2) is 24.5 Å². The highest BCUT2D eigenvalue weighted by Gasteiger charge is 1.98. The van der Waals surface area contributed by atoms with Crippen LogP contribution in [0.2, 0.25) is 0 Å². The average Bonchev–Trinajstić information content (AvgIpc) is 2.37. The van der Waals surface area contributed by atoms with Crippen LogP contribution in [0.25, 0.3) is 10.9 Å². The van der Waals surface area contributed by atoms with E-state index in [0.29, 0.717) is 5.82 Å². The molecule has 3 heteroatoms. The van der Waals surface area contributed by atoms with Crippen LogP contribution in [0.4, 0.5) is 5.82 Å². The Kier molecular flexibility index (Phi) is 6.12. The van der Waals surface area contributed by atoms with Gasteiger partial charge in [-0.2, -0.15) is 0 Å². The number of benzene rings is 1. The Balaban J connectivity index is 0.000000232. The number of anilines is 1. The molecule has 0 fully saturated rings. The number of fused-ring (bicyclic) bond motifs is 1. The SMILES string of the molecule is CCCCCC.Cc1ccc2c(N)ncnc2c1. The second-order valence-electron chi connectivity index (χ2n) is 4.49. The van der Waals surface area contributed by atoms with Crippen LogP contribution >= 0.6 is 0 Å². The van der Waals surface area contributed by atoms with E-state index < -0.39 is 0 Å². The summed E-state index contributed by atoms with van der Waals surface area (Å²) < 4.78 is 0. The first-order chi connectivity index (χ1) is 8.69. The summed E-state index contributed by atoms with van der Waals surface area (Å²) in [5, 5.41) is 0.920. The van der Waals surface area contributed by atoms with Gasteiger partial charge in [-0.05, 0) is 24.6 Å². The van der Waals surface area contributed by atoms with Gasteiger partial charge in [0.05, 0.1) is 5.52 Å². The topological polar surface area (TPSA) is 51.8 Å². The third-order valence-electron chi connectivity index (χ3n) is 2.78. The van der Waals surface area contributed by atoms with Crippen molar-refractivity contribution in [1.29, 1.82) is 0 Å². The number of hydrogen-bond donors (Lipinski definition) is 1. The minimum Gasteiger partial charge on any atom is -0.383 e. The zero-order valence-corrected chi connectivity index (χ0v) is 11.6. The highest BCUT2D eigenvalue weighted by molar-refractivity contribution is 5.87. The molecule has 2 aromatic rings. The van der Waals surface area contributed by atoms with Crippen molar-refractivity contribution in [2.45, 2.75) is 46.5 Å². The van der Waals surface area contributed by atoms with Gasteiger partial charge in [0.25, 0.3) is 0 Å². The van der Waals surface area contributed by atoms with Gasteiger partial charge < -0.3 is 5.73 Å². The number of hydrogen-bond acceptors (Lipinski definition) is 3. The summed E-state index contributed by atoms with van der Waals surface area (Å²) in [4.78, 5) is 8.02. The smallest absolute Gasteiger partial charge is 0.134 e. The first kappa shape index (κ1) is 14.4. The molecule has 2 rings (SSSR count). The van der Waals surface area contributed by atoms with Gasteiger partial charge in [0.15, 0.2) is 0 Å². The Labute approximate surface area is 109 Å². The molecule has 0 bridgehead atoms. The fraction of sp³-hybridized carbons (Fsp3) is 0.467. The Morgan fingerprint density at radius 3 is 2.33 bits per heavy atom. The van der Waals surface area contributed by atoms with Crippen molar-refractivity contribution in [3.8, 4) is 0 Å². The van der Waals surface area contributed by atoms with Gasteiger partial charge in [0, 0.05) is 5.39 Å². The molecule has 0 amide bonds. The molecule has 0 aliphatic carbocycles. The van der Waals surface area contributed by atoms with Gasteiger partial charge >= 0.3 is 0 Å². The van der Waals surface area contributed by atoms with E-state index >= 15 is 0 Å². The van der Waals surface area contributed by atoms with Crippen molar-refractivity contribution in [2.75, 3.05) is 5.73 Å². The van der Waals surface area contributed by atoms with Gasteiger partial charge in [-0.1, -0.05) is 45.6 Å². The van der Waals surface area contributed by atoms with Crippen molar-refractivity contribution in [2.24, 2.45) is 0 Å². The van der Waals surface area contributed by atoms with E-state index in [2.05, 4.69) is 23.8 Å². The highest BCUT2D eigenvalue weighted by Crippen LogP contribution is 2.16. The lowest BCUT2D eigenvalue weighted by molar-refractivity contribution is 0.702. The fourth-order valence-electron chi connectivity index (χ4n) is 1.69. The van der Waals surface area contributed by atoms with E-state index in [4.69, 9.17) is 5.73 Å². The summed E-state index contributed by atoms with van der Waals surface area (Å²) >= 11 is 0. The van der Waals surface area contributed by atoms with E-state index in [1.807, 2.05) is 25.1 Å². The van der Waals surface area contributed by atoms with Gasteiger partial charge in [-0.25, -0.2) is 9.97 Å². The molecule has 3 nitrogen and oxygen atoms in total. The largest absolute Gasteiger partial charge is 0.383 e. The van der Waals surface area contributed by atoms with Gasteiger partial charge in [0.2, 0.25) is 0 Å². The van der Waals surface area contributed by atoms with E-state index in [-0.39, 0.29) is 0 Å². The summed E-state index contributed by atoms with van der Waals surface area (Å²) in [6.07, 6.45) is 7.02. The lowest BCUT2D eigenvalue weighted by Crippen LogP contribution is -1.92. The minimum absolute atomic E-state index is 0.542. The monoisotopic (exact) mass is 245 g/mol. The predicted octanol–water partition coefficient (Wildman–Crippen LogP) is 4.11. The first-order valence-electron chi connectivity index (χ1n) is 6.65. The average molecular weight is 245 g/mol. The molecule has 0 radical (unpaired) electrons. The Hall–Kier alpha value is -1.64. The lowest BCUT2D eigenvalue weighted by atomic mass is 10.2. The summed E-state index contributed by atoms with van der Waals surface area (Å²) in [7, 11) is 0. The number of aryl methyl sites for hydroxylation is 1. The summed E-state index contributed by atoms with van der Waals surface area (Å²) in [6.45, 7) is 6.49. The first-order valence-corrected chi connectivity index (χ1v) is 6.65. The van der Waals surface area contributed by atoms with Crippen LogP contribution in [-0.2, 0) is 0 Å². The summed E-state index contributed by atoms with van der Waals surface area (Å²) in [5.74, 6) is 0.542. The molecule has 0 aliphatic rings. The molecule has 0 saturated heterocycles. The quantitative estimate of drug-likeness (QED) is 0.828. The fourth-order valence-corrected chi connectivity index (χ4v) is 1.69. The maximum atomic E-state index is 5.66. The van der Waals surface area contributed by atoms with Gasteiger partial charge in [0.1, 0.15) is 12.1 Å². The number of aromatic nitrogens is 2. The van der Waals surface area contributed by atoms with Crippen LogP contribution in [-0.4, -0.2) is 9.97 Å². The number of rotatable bonds is 3. The highest BCUT2D eigenvalue weighted by atomic mass is 14.9. The second-order valence-corrected chi connectivity index (χ2v) is 4.49. The molecule has 18 heavy (non-hydrogen) atoms. The van der Waals surface area contributed by atoms with E-state index in [9.17, 15) is 0 Å². The number of nitrogens with zero attached hydrogens (tertiary/aromatic N) is 2. The van der Waals surface area contributed by atoms with E-state index in [1.165, 1.54) is 37.6 Å². The zero-order chi connectivity index (χ0) is 13.4. The van der Waals surface area contributed by atoms with Crippen LogP contribution in [0, 0.1) is 6.92 Å². The normalized spacial score (nSPS) is 9.94. The van der Waals surface area contributed by atoms with Crippen molar-refractivity contribution in [1.82, 2.24) is 9.97 Å². The molecule has 0 aliphatic heterocycles. The third-order valence-corrected chi connectivity index (χ3v) is 2.78. The predicted molar refractivity (Wildman–Crippen MR) is 78.5 cm³/mol. The molecular formula is C15H23N3. The number of unbranched alkanes of at least 4 members (excludes halogenated alkanes) is 3. The molecule has 98 valence electrons. The van der Waals surface area contributed by atoms with E-state index in [1.54, 1.807) is 0 Å². The maximum Gasteiger partial charge on any atom is 0.134 e. The molecule has 0 atom stereocenters. The second kappa shape index (κ2) is 7.64. The van der Waals surface area contributed by atoms with Crippen LogP contribution in [0.5, 0.6) is 0 Å². The summed E-state index contributed by atoms with van der Waals surface area (Å²) in [5.41, 5.74) is 7.74. The Morgan fingerprint density at radius 2 is 1.72 bits per heavy atom. The molecule has 0 unspecified atom stereocenters. The third kappa shape index (κ3) is 4.32. The number of nitrogens with two attached hydrogens (primary N) is 1. The summed E-state index contributed by atoms with van der Waals surface area (Å²) in [6, 6.07) is 5.94. The van der Waals surface area contributed by atoms with E-state index in [0.717, 1.165) is 10.9 Å². The molecular weight excluding hydrogens is 222 g/mol. The minimum atomic E-state index is 0.542. The standard InChI is InChI=1S/C9H9N3.C6H14/c1-6-2-3-7-8(4-6)11-5-12-9(7)10;1-3-5-6-4-2/h2-5H,1H3,(H2,10,11,12);3-6H2,1-2H3. The molecule has 2 N–H and O–H groups in total. The van der Waals surface area contributed by atoms with Crippen molar-refractivity contribution in [3.05, 3.63) is 30.1 Å². The molecule has 1 aromatic carbocycles. The van der Waals surface area contributed by atoms with Crippen LogP contribution in [0.3, 0.4) is 0 Å². The Bertz CT molecular complexity index is 476. The maximum absolute atomic E-state index is 5.66. The Morgan fingerprint density at radius 1 is 1.06 bits per heavy atom. The van der Waals surface area contributed by atoms with Gasteiger partial charge in [-0.3, -0.25) is 0 Å². The molecule has 0 spiro atoms. The van der Waals surface area contributed by atoms with Gasteiger partial charge in [-0.15, -0.1) is 0 Å². The van der Waals surface area contributed by atoms with Crippen LogP contribution < -0.4 is 5.73 Å². The van der Waals surface area contributed by atoms with Crippen molar-refractivity contribution < 1.29 is 0 Å². The molecule has 0 saturated carbocycles. The molecule has 1 aromatic heterocycles. The lowest BCUT2D eigenvalue weighted by Gasteiger charge is -1.99. The number of nitrogen functional groups attached to an aromatic ring is 1. The van der Waals surface area contributed by atoms with Crippen molar-refractivity contribution >= 4 is 16.7 Å². The van der Waals surface area contributed by atoms with Crippen molar-refractivity contribution in [3.63, 3.8) is 0 Å². The van der Waals surface area contributed by atoms with Crippen LogP contribution in [0.1, 0.15) is 45.1 Å². The zero-order valence-electron chi connectivity index (χ0n) is 11.6. The molecule has 1 heterocycles.